The second-order valence-corrected chi connectivity index (χ2v) is 3.43. The summed E-state index contributed by atoms with van der Waals surface area (Å²) in [7, 11) is 0. The number of aromatic amines is 1. The van der Waals surface area contributed by atoms with Crippen LogP contribution >= 0.6 is 27.5 Å². The van der Waals surface area contributed by atoms with Gasteiger partial charge in [0.05, 0.1) is 17.4 Å². The van der Waals surface area contributed by atoms with Gasteiger partial charge in [-0.15, -0.1) is 0 Å². The Morgan fingerprint density at radius 3 is 3.08 bits per heavy atom. The minimum atomic E-state index is 0.730. The van der Waals surface area contributed by atoms with Crippen molar-refractivity contribution >= 4 is 38.6 Å². The van der Waals surface area contributed by atoms with Crippen LogP contribution in [0.4, 0.5) is 0 Å². The van der Waals surface area contributed by atoms with E-state index in [0.29, 0.717) is 0 Å². The van der Waals surface area contributed by atoms with Crippen molar-refractivity contribution in [2.24, 2.45) is 0 Å². The number of nitrogens with zero attached hydrogens (tertiary/aromatic N) is 1. The molecule has 0 saturated carbocycles. The molecule has 1 aromatic heterocycles. The molecule has 0 saturated heterocycles. The molecular weight excluding hydrogens is 239 g/mol. The van der Waals surface area contributed by atoms with E-state index < -0.39 is 0 Å². The van der Waals surface area contributed by atoms with Crippen molar-refractivity contribution in [3.05, 3.63) is 29.0 Å². The molecule has 0 aliphatic carbocycles. The Bertz CT molecular complexity index is 410. The first-order valence-corrected chi connectivity index (χ1v) is 4.99. The predicted octanol–water partition coefficient (Wildman–Crippen LogP) is 3.11. The Labute approximate surface area is 83.1 Å². The number of nitrogens with one attached hydrogen (secondary N) is 1. The van der Waals surface area contributed by atoms with Crippen LogP contribution < -0.4 is 0 Å². The smallest absolute Gasteiger partial charge is 0.0937 e. The van der Waals surface area contributed by atoms with E-state index >= 15 is 0 Å². The lowest BCUT2D eigenvalue weighted by Crippen LogP contribution is -1.82. The number of imidazole rings is 1. The third-order valence-corrected chi connectivity index (χ3v) is 2.69. The summed E-state index contributed by atoms with van der Waals surface area (Å²) in [6.45, 7) is 0. The van der Waals surface area contributed by atoms with Crippen LogP contribution in [0.1, 0.15) is 5.56 Å². The Kier molecular flexibility index (Phi) is 2.07. The summed E-state index contributed by atoms with van der Waals surface area (Å²) < 4.78 is 0. The number of hydrogen-bond acceptors (Lipinski definition) is 1. The van der Waals surface area contributed by atoms with E-state index in [9.17, 15) is 0 Å². The molecule has 0 unspecified atom stereocenters. The lowest BCUT2D eigenvalue weighted by Gasteiger charge is -1.99. The van der Waals surface area contributed by atoms with Gasteiger partial charge in [-0.3, -0.25) is 0 Å². The van der Waals surface area contributed by atoms with Crippen LogP contribution in [0.25, 0.3) is 11.0 Å². The molecule has 0 radical (unpaired) electrons. The monoisotopic (exact) mass is 244 g/mol. The summed E-state index contributed by atoms with van der Waals surface area (Å²) in [5, 5.41) is 1.49. The Morgan fingerprint density at radius 2 is 2.33 bits per heavy atom. The van der Waals surface area contributed by atoms with Gasteiger partial charge in [0.25, 0.3) is 0 Å². The third-order valence-electron chi connectivity index (χ3n) is 1.77. The summed E-state index contributed by atoms with van der Waals surface area (Å²) in [6.07, 6.45) is 1.67. The lowest BCUT2D eigenvalue weighted by atomic mass is 10.2. The molecule has 0 atom stereocenters. The van der Waals surface area contributed by atoms with Crippen molar-refractivity contribution in [1.82, 2.24) is 9.97 Å². The Morgan fingerprint density at radius 1 is 1.50 bits per heavy atom. The van der Waals surface area contributed by atoms with Crippen LogP contribution in [-0.2, 0) is 5.33 Å². The fraction of sp³-hybridized carbons (Fsp3) is 0.125. The van der Waals surface area contributed by atoms with Gasteiger partial charge in [-0.1, -0.05) is 27.5 Å². The number of rotatable bonds is 1. The largest absolute Gasteiger partial charge is 0.345 e. The van der Waals surface area contributed by atoms with Gasteiger partial charge >= 0.3 is 0 Å². The third kappa shape index (κ3) is 1.13. The van der Waals surface area contributed by atoms with Gasteiger partial charge in [-0.25, -0.2) is 4.98 Å². The van der Waals surface area contributed by atoms with Crippen molar-refractivity contribution in [3.63, 3.8) is 0 Å². The summed E-state index contributed by atoms with van der Waals surface area (Å²) in [6, 6.07) is 3.80. The average Bonchev–Trinajstić information content (AvgIpc) is 2.52. The second kappa shape index (κ2) is 3.07. The normalized spacial score (nSPS) is 10.8. The molecule has 4 heteroatoms. The van der Waals surface area contributed by atoms with Gasteiger partial charge in [0.1, 0.15) is 0 Å². The van der Waals surface area contributed by atoms with Crippen LogP contribution in [0.3, 0.4) is 0 Å². The van der Waals surface area contributed by atoms with Gasteiger partial charge in [0, 0.05) is 15.9 Å². The van der Waals surface area contributed by atoms with Gasteiger partial charge in [0.15, 0.2) is 0 Å². The highest BCUT2D eigenvalue weighted by molar-refractivity contribution is 9.08. The molecule has 1 heterocycles. The number of benzene rings is 1. The molecule has 0 fully saturated rings. The fourth-order valence-corrected chi connectivity index (χ4v) is 2.12. The van der Waals surface area contributed by atoms with E-state index in [0.717, 1.165) is 26.9 Å². The van der Waals surface area contributed by atoms with Crippen molar-refractivity contribution in [2.75, 3.05) is 0 Å². The maximum atomic E-state index is 5.98. The summed E-state index contributed by atoms with van der Waals surface area (Å²) in [5.41, 5.74) is 3.00. The van der Waals surface area contributed by atoms with Gasteiger partial charge in [-0.2, -0.15) is 0 Å². The molecule has 0 aliphatic rings. The van der Waals surface area contributed by atoms with Crippen molar-refractivity contribution in [2.45, 2.75) is 5.33 Å². The van der Waals surface area contributed by atoms with Crippen LogP contribution in [0.15, 0.2) is 18.5 Å². The highest BCUT2D eigenvalue weighted by Gasteiger charge is 2.05. The number of hydrogen-bond donors (Lipinski definition) is 1. The summed E-state index contributed by atoms with van der Waals surface area (Å²) >= 11 is 9.35. The first-order chi connectivity index (χ1) is 5.83. The Balaban J connectivity index is 2.83. The van der Waals surface area contributed by atoms with Gasteiger partial charge in [-0.05, 0) is 12.1 Å². The standard InChI is InChI=1S/C8H6BrClN2/c9-3-5-6(10)1-2-7-8(5)12-4-11-7/h1-2,4H,3H2,(H,11,12). The lowest BCUT2D eigenvalue weighted by molar-refractivity contribution is 1.33. The quantitative estimate of drug-likeness (QED) is 0.769. The van der Waals surface area contributed by atoms with E-state index in [1.165, 1.54) is 0 Å². The fourth-order valence-electron chi connectivity index (χ4n) is 1.17. The van der Waals surface area contributed by atoms with E-state index in [4.69, 9.17) is 11.6 Å². The zero-order valence-corrected chi connectivity index (χ0v) is 8.48. The number of aromatic nitrogens is 2. The van der Waals surface area contributed by atoms with Crippen molar-refractivity contribution < 1.29 is 0 Å². The predicted molar refractivity (Wildman–Crippen MR) is 53.7 cm³/mol. The topological polar surface area (TPSA) is 28.7 Å². The van der Waals surface area contributed by atoms with Crippen molar-refractivity contribution in [1.29, 1.82) is 0 Å². The maximum absolute atomic E-state index is 5.98. The molecule has 0 amide bonds. The minimum Gasteiger partial charge on any atom is -0.345 e. The molecule has 1 N–H and O–H groups in total. The average molecular weight is 246 g/mol. The second-order valence-electron chi connectivity index (χ2n) is 2.46. The molecule has 1 aromatic carbocycles. The highest BCUT2D eigenvalue weighted by atomic mass is 79.9. The van der Waals surface area contributed by atoms with Crippen LogP contribution in [0.2, 0.25) is 5.02 Å². The first kappa shape index (κ1) is 8.08. The number of H-pyrrole nitrogens is 1. The van der Waals surface area contributed by atoms with E-state index in [2.05, 4.69) is 25.9 Å². The van der Waals surface area contributed by atoms with Crippen LogP contribution in [0, 0.1) is 0 Å². The zero-order valence-electron chi connectivity index (χ0n) is 6.14. The van der Waals surface area contributed by atoms with Gasteiger partial charge in [0.2, 0.25) is 0 Å². The number of alkyl halides is 1. The molecule has 2 nitrogen and oxygen atoms in total. The highest BCUT2D eigenvalue weighted by Crippen LogP contribution is 2.25. The van der Waals surface area contributed by atoms with E-state index in [1.807, 2.05) is 12.1 Å². The maximum Gasteiger partial charge on any atom is 0.0937 e. The molecule has 12 heavy (non-hydrogen) atoms. The minimum absolute atomic E-state index is 0.730. The van der Waals surface area contributed by atoms with Crippen LogP contribution in [0.5, 0.6) is 0 Å². The van der Waals surface area contributed by atoms with Crippen LogP contribution in [-0.4, -0.2) is 9.97 Å². The summed E-state index contributed by atoms with van der Waals surface area (Å²) in [5.74, 6) is 0. The van der Waals surface area contributed by atoms with Crippen molar-refractivity contribution in [3.8, 4) is 0 Å². The summed E-state index contributed by atoms with van der Waals surface area (Å²) in [4.78, 5) is 7.21. The van der Waals surface area contributed by atoms with Gasteiger partial charge < -0.3 is 4.98 Å². The van der Waals surface area contributed by atoms with E-state index in [-0.39, 0.29) is 0 Å². The molecule has 62 valence electrons. The Hall–Kier alpha value is -0.540. The molecule has 2 rings (SSSR count). The molecule has 2 aromatic rings. The van der Waals surface area contributed by atoms with E-state index in [1.54, 1.807) is 6.33 Å². The SMILES string of the molecule is Clc1ccc2[nH]cnc2c1CBr. The first-order valence-electron chi connectivity index (χ1n) is 3.49. The number of halogens is 2. The molecular formula is C8H6BrClN2. The zero-order chi connectivity index (χ0) is 8.55. The molecule has 0 spiro atoms. The molecule has 0 aliphatic heterocycles. The molecule has 0 bridgehead atoms. The number of fused-ring (bicyclic) bond motifs is 1.